The summed E-state index contributed by atoms with van der Waals surface area (Å²) in [7, 11) is 1.35. The summed E-state index contributed by atoms with van der Waals surface area (Å²) >= 11 is 0. The summed E-state index contributed by atoms with van der Waals surface area (Å²) in [5.74, 6) is -0.217. The van der Waals surface area contributed by atoms with Crippen LogP contribution in [0.2, 0.25) is 0 Å². The molecule has 0 heterocycles. The molecule has 0 aliphatic carbocycles. The predicted octanol–water partition coefficient (Wildman–Crippen LogP) is 2.54. The van der Waals surface area contributed by atoms with Gasteiger partial charge in [0.1, 0.15) is 0 Å². The number of amides is 1. The van der Waals surface area contributed by atoms with Crippen molar-refractivity contribution in [2.45, 2.75) is 26.2 Å². The predicted molar refractivity (Wildman–Crippen MR) is 82.3 cm³/mol. The Kier molecular flexibility index (Phi) is 7.91. The minimum absolute atomic E-state index is 0.130. The summed E-state index contributed by atoms with van der Waals surface area (Å²) in [6.45, 7) is 3.88. The van der Waals surface area contributed by atoms with E-state index < -0.39 is 4.92 Å². The van der Waals surface area contributed by atoms with Crippen LogP contribution in [0.3, 0.4) is 0 Å². The second-order valence-electron chi connectivity index (χ2n) is 4.72. The van der Waals surface area contributed by atoms with Crippen LogP contribution in [0.1, 0.15) is 36.5 Å². The van der Waals surface area contributed by atoms with Crippen molar-refractivity contribution in [1.29, 1.82) is 0 Å². The largest absolute Gasteiger partial charge is 0.490 e. The summed E-state index contributed by atoms with van der Waals surface area (Å²) in [5, 5.41) is 13.6. The summed E-state index contributed by atoms with van der Waals surface area (Å²) in [4.78, 5) is 22.3. The van der Waals surface area contributed by atoms with E-state index in [1.54, 1.807) is 0 Å². The van der Waals surface area contributed by atoms with Crippen LogP contribution in [0.25, 0.3) is 0 Å². The van der Waals surface area contributed by atoms with Gasteiger partial charge in [0, 0.05) is 31.4 Å². The van der Waals surface area contributed by atoms with Gasteiger partial charge in [-0.25, -0.2) is 0 Å². The highest BCUT2D eigenvalue weighted by Crippen LogP contribution is 2.27. The fourth-order valence-corrected chi connectivity index (χ4v) is 1.80. The molecule has 0 fully saturated rings. The third kappa shape index (κ3) is 5.69. The fraction of sp³-hybridized carbons (Fsp3) is 0.533. The number of hydrogen-bond acceptors (Lipinski definition) is 5. The van der Waals surface area contributed by atoms with Gasteiger partial charge in [0.25, 0.3) is 5.91 Å². The van der Waals surface area contributed by atoms with E-state index in [9.17, 15) is 14.9 Å². The number of nitro groups is 1. The van der Waals surface area contributed by atoms with Crippen molar-refractivity contribution in [2.24, 2.45) is 0 Å². The highest BCUT2D eigenvalue weighted by atomic mass is 16.6. The Morgan fingerprint density at radius 2 is 2.05 bits per heavy atom. The summed E-state index contributed by atoms with van der Waals surface area (Å²) in [6.07, 6.45) is 2.82. The maximum atomic E-state index is 11.9. The van der Waals surface area contributed by atoms with Crippen LogP contribution in [0.15, 0.2) is 18.2 Å². The molecule has 0 atom stereocenters. The molecule has 0 aliphatic rings. The van der Waals surface area contributed by atoms with E-state index >= 15 is 0 Å². The van der Waals surface area contributed by atoms with E-state index in [-0.39, 0.29) is 22.9 Å². The molecule has 1 aromatic carbocycles. The van der Waals surface area contributed by atoms with Gasteiger partial charge in [-0.05, 0) is 25.0 Å². The van der Waals surface area contributed by atoms with Crippen LogP contribution >= 0.6 is 0 Å². The number of nitrogens with one attached hydrogen (secondary N) is 1. The molecule has 22 heavy (non-hydrogen) atoms. The van der Waals surface area contributed by atoms with Gasteiger partial charge < -0.3 is 14.8 Å². The highest BCUT2D eigenvalue weighted by Gasteiger charge is 2.17. The number of ether oxygens (including phenoxy) is 2. The van der Waals surface area contributed by atoms with Crippen molar-refractivity contribution >= 4 is 11.6 Å². The summed E-state index contributed by atoms with van der Waals surface area (Å²) in [5.41, 5.74) is 0.0115. The van der Waals surface area contributed by atoms with Gasteiger partial charge in [0.05, 0.1) is 12.0 Å². The normalized spacial score (nSPS) is 10.3. The molecule has 0 saturated heterocycles. The lowest BCUT2D eigenvalue weighted by Crippen LogP contribution is -2.25. The van der Waals surface area contributed by atoms with Crippen molar-refractivity contribution in [1.82, 2.24) is 5.32 Å². The molecule has 0 bridgehead atoms. The topological polar surface area (TPSA) is 90.7 Å². The first-order valence-electron chi connectivity index (χ1n) is 7.28. The molecule has 1 rings (SSSR count). The third-order valence-corrected chi connectivity index (χ3v) is 3.03. The quantitative estimate of drug-likeness (QED) is 0.407. The second kappa shape index (κ2) is 9.73. The molecule has 0 unspecified atom stereocenters. The average molecular weight is 310 g/mol. The van der Waals surface area contributed by atoms with Crippen molar-refractivity contribution in [3.05, 3.63) is 33.9 Å². The molecular formula is C15H22N2O5. The van der Waals surface area contributed by atoms with Crippen LogP contribution in [-0.4, -0.2) is 37.7 Å². The number of nitrogens with zero attached hydrogens (tertiary/aromatic N) is 1. The number of rotatable bonds is 10. The fourth-order valence-electron chi connectivity index (χ4n) is 1.80. The Morgan fingerprint density at radius 3 is 2.68 bits per heavy atom. The lowest BCUT2D eigenvalue weighted by atomic mass is 10.1. The molecule has 0 saturated carbocycles. The van der Waals surface area contributed by atoms with Gasteiger partial charge in [-0.15, -0.1) is 0 Å². The molecule has 7 nitrogen and oxygen atoms in total. The van der Waals surface area contributed by atoms with E-state index in [0.717, 1.165) is 19.4 Å². The Labute approximate surface area is 129 Å². The Bertz CT molecular complexity index is 505. The van der Waals surface area contributed by atoms with E-state index in [2.05, 4.69) is 12.2 Å². The first-order chi connectivity index (χ1) is 10.6. The SMILES string of the molecule is CCCCOCCCNC(=O)c1ccc(OC)c([N+](=O)[O-])c1. The molecule has 0 aliphatic heterocycles. The van der Waals surface area contributed by atoms with Gasteiger partial charge in [0.2, 0.25) is 0 Å². The molecule has 0 radical (unpaired) electrons. The molecule has 1 aromatic rings. The third-order valence-electron chi connectivity index (χ3n) is 3.03. The van der Waals surface area contributed by atoms with Crippen LogP contribution < -0.4 is 10.1 Å². The van der Waals surface area contributed by atoms with E-state index in [4.69, 9.17) is 9.47 Å². The van der Waals surface area contributed by atoms with Crippen molar-refractivity contribution in [3.63, 3.8) is 0 Å². The molecule has 1 amide bonds. The van der Waals surface area contributed by atoms with Crippen LogP contribution in [-0.2, 0) is 4.74 Å². The number of carbonyl (C=O) groups is 1. The Morgan fingerprint density at radius 1 is 1.32 bits per heavy atom. The van der Waals surface area contributed by atoms with Gasteiger partial charge in [-0.3, -0.25) is 14.9 Å². The monoisotopic (exact) mass is 310 g/mol. The summed E-state index contributed by atoms with van der Waals surface area (Å²) in [6, 6.07) is 4.13. The van der Waals surface area contributed by atoms with Gasteiger partial charge >= 0.3 is 5.69 Å². The van der Waals surface area contributed by atoms with Gasteiger partial charge in [0.15, 0.2) is 5.75 Å². The number of nitro benzene ring substituents is 1. The number of unbranched alkanes of at least 4 members (excludes halogenated alkanes) is 1. The van der Waals surface area contributed by atoms with Gasteiger partial charge in [-0.1, -0.05) is 13.3 Å². The highest BCUT2D eigenvalue weighted by molar-refractivity contribution is 5.95. The van der Waals surface area contributed by atoms with Crippen LogP contribution in [0.4, 0.5) is 5.69 Å². The van der Waals surface area contributed by atoms with Crippen LogP contribution in [0, 0.1) is 10.1 Å². The minimum atomic E-state index is -0.572. The molecular weight excluding hydrogens is 288 g/mol. The van der Waals surface area contributed by atoms with Gasteiger partial charge in [-0.2, -0.15) is 0 Å². The van der Waals surface area contributed by atoms with Crippen molar-refractivity contribution in [2.75, 3.05) is 26.9 Å². The van der Waals surface area contributed by atoms with E-state index in [0.29, 0.717) is 19.6 Å². The Hall–Kier alpha value is -2.15. The zero-order valence-electron chi connectivity index (χ0n) is 13.0. The van der Waals surface area contributed by atoms with Crippen molar-refractivity contribution < 1.29 is 19.2 Å². The first-order valence-corrected chi connectivity index (χ1v) is 7.28. The smallest absolute Gasteiger partial charge is 0.311 e. The average Bonchev–Trinajstić information content (AvgIpc) is 2.53. The zero-order chi connectivity index (χ0) is 16.4. The molecule has 1 N–H and O–H groups in total. The molecule has 7 heteroatoms. The first kappa shape index (κ1) is 17.9. The number of hydrogen-bond donors (Lipinski definition) is 1. The lowest BCUT2D eigenvalue weighted by molar-refractivity contribution is -0.385. The Balaban J connectivity index is 2.45. The van der Waals surface area contributed by atoms with E-state index in [1.165, 1.54) is 25.3 Å². The standard InChI is InChI=1S/C15H22N2O5/c1-3-4-9-22-10-5-8-16-15(18)12-6-7-14(21-2)13(11-12)17(19)20/h6-7,11H,3-5,8-10H2,1-2H3,(H,16,18). The second-order valence-corrected chi connectivity index (χ2v) is 4.72. The summed E-state index contributed by atoms with van der Waals surface area (Å²) < 4.78 is 10.3. The molecule has 0 aromatic heterocycles. The van der Waals surface area contributed by atoms with E-state index in [1.807, 2.05) is 0 Å². The maximum absolute atomic E-state index is 11.9. The number of carbonyl (C=O) groups excluding carboxylic acids is 1. The number of benzene rings is 1. The van der Waals surface area contributed by atoms with Crippen LogP contribution in [0.5, 0.6) is 5.75 Å². The maximum Gasteiger partial charge on any atom is 0.311 e. The lowest BCUT2D eigenvalue weighted by Gasteiger charge is -2.07. The molecule has 0 spiro atoms. The minimum Gasteiger partial charge on any atom is -0.490 e. The van der Waals surface area contributed by atoms with Crippen molar-refractivity contribution in [3.8, 4) is 5.75 Å². The number of methoxy groups -OCH3 is 1. The molecule has 122 valence electrons. The zero-order valence-corrected chi connectivity index (χ0v) is 13.0.